The third-order valence-electron chi connectivity index (χ3n) is 2.47. The third kappa shape index (κ3) is 2.61. The second-order valence-corrected chi connectivity index (χ2v) is 3.66. The van der Waals surface area contributed by atoms with Crippen molar-refractivity contribution in [1.29, 1.82) is 0 Å². The fourth-order valence-electron chi connectivity index (χ4n) is 1.53. The molecule has 0 fully saturated rings. The molecule has 0 saturated carbocycles. The maximum atomic E-state index is 12.6. The number of ether oxygens (including phenoxy) is 1. The normalized spacial score (nSPS) is 11.3. The molecule has 1 aromatic carbocycles. The van der Waals surface area contributed by atoms with Gasteiger partial charge in [0.05, 0.1) is 18.4 Å². The molecule has 2 aromatic rings. The van der Waals surface area contributed by atoms with Gasteiger partial charge in [0.1, 0.15) is 5.75 Å². The smallest absolute Gasteiger partial charge is 0.416 e. The van der Waals surface area contributed by atoms with E-state index in [2.05, 4.69) is 4.98 Å². The largest absolute Gasteiger partial charge is 0.497 e. The Bertz CT molecular complexity index is 535. The number of methoxy groups -OCH3 is 1. The number of alkyl halides is 3. The quantitative estimate of drug-likeness (QED) is 0.812. The maximum absolute atomic E-state index is 12.6. The lowest BCUT2D eigenvalue weighted by Gasteiger charge is -2.08. The van der Waals surface area contributed by atoms with Crippen LogP contribution in [0.3, 0.4) is 0 Å². The summed E-state index contributed by atoms with van der Waals surface area (Å²) in [5, 5.41) is 0. The van der Waals surface area contributed by atoms with Crippen LogP contribution in [-0.4, -0.2) is 12.1 Å². The van der Waals surface area contributed by atoms with Crippen molar-refractivity contribution in [3.63, 3.8) is 0 Å². The number of benzene rings is 1. The Balaban J connectivity index is 2.38. The molecule has 0 aliphatic rings. The van der Waals surface area contributed by atoms with Crippen molar-refractivity contribution in [2.45, 2.75) is 6.18 Å². The Morgan fingerprint density at radius 2 is 1.72 bits per heavy atom. The van der Waals surface area contributed by atoms with E-state index >= 15 is 0 Å². The zero-order valence-corrected chi connectivity index (χ0v) is 9.53. The lowest BCUT2D eigenvalue weighted by atomic mass is 10.1. The molecule has 18 heavy (non-hydrogen) atoms. The molecule has 2 rings (SSSR count). The molecule has 0 amide bonds. The number of rotatable bonds is 2. The predicted molar refractivity (Wildman–Crippen MR) is 61.2 cm³/mol. The average Bonchev–Trinajstić information content (AvgIpc) is 2.38. The van der Waals surface area contributed by atoms with Crippen LogP contribution < -0.4 is 4.74 Å². The van der Waals surface area contributed by atoms with Gasteiger partial charge in [0.25, 0.3) is 0 Å². The standard InChI is InChI=1S/C13H10F3NO/c1-18-11-4-2-9(3-5-11)12-8-10(6-7-17-12)13(14,15)16/h2-8H,1H3. The van der Waals surface area contributed by atoms with Gasteiger partial charge in [-0.25, -0.2) is 0 Å². The molecule has 0 bridgehead atoms. The number of aromatic nitrogens is 1. The molecule has 1 heterocycles. The van der Waals surface area contributed by atoms with E-state index in [1.165, 1.54) is 7.11 Å². The van der Waals surface area contributed by atoms with Crippen LogP contribution in [0.5, 0.6) is 5.75 Å². The molecule has 0 N–H and O–H groups in total. The highest BCUT2D eigenvalue weighted by Crippen LogP contribution is 2.31. The molecule has 5 heteroatoms. The highest BCUT2D eigenvalue weighted by Gasteiger charge is 2.30. The molecule has 0 atom stereocenters. The van der Waals surface area contributed by atoms with Crippen molar-refractivity contribution in [1.82, 2.24) is 4.98 Å². The Hall–Kier alpha value is -2.04. The highest BCUT2D eigenvalue weighted by molar-refractivity contribution is 5.60. The highest BCUT2D eigenvalue weighted by atomic mass is 19.4. The minimum atomic E-state index is -4.36. The Morgan fingerprint density at radius 3 is 2.28 bits per heavy atom. The maximum Gasteiger partial charge on any atom is 0.416 e. The second-order valence-electron chi connectivity index (χ2n) is 3.66. The minimum absolute atomic E-state index is 0.285. The van der Waals surface area contributed by atoms with Gasteiger partial charge in [-0.3, -0.25) is 4.98 Å². The molecular formula is C13H10F3NO. The van der Waals surface area contributed by atoms with Gasteiger partial charge in [-0.2, -0.15) is 13.2 Å². The summed E-state index contributed by atoms with van der Waals surface area (Å²) in [6.07, 6.45) is -3.20. The topological polar surface area (TPSA) is 22.1 Å². The Kier molecular flexibility index (Phi) is 3.23. The summed E-state index contributed by atoms with van der Waals surface area (Å²) < 4.78 is 42.6. The van der Waals surface area contributed by atoms with Crippen molar-refractivity contribution >= 4 is 0 Å². The molecule has 0 spiro atoms. The second kappa shape index (κ2) is 4.68. The van der Waals surface area contributed by atoms with E-state index in [1.807, 2.05) is 0 Å². The van der Waals surface area contributed by atoms with Crippen molar-refractivity contribution < 1.29 is 17.9 Å². The van der Waals surface area contributed by atoms with Crippen molar-refractivity contribution in [2.75, 3.05) is 7.11 Å². The number of hydrogen-bond acceptors (Lipinski definition) is 2. The van der Waals surface area contributed by atoms with Crippen LogP contribution >= 0.6 is 0 Å². The minimum Gasteiger partial charge on any atom is -0.497 e. The molecule has 0 saturated heterocycles. The first-order valence-corrected chi connectivity index (χ1v) is 5.18. The number of pyridine rings is 1. The SMILES string of the molecule is COc1ccc(-c2cc(C(F)(F)F)ccn2)cc1. The molecule has 0 aliphatic carbocycles. The van der Waals surface area contributed by atoms with E-state index in [-0.39, 0.29) is 5.69 Å². The van der Waals surface area contributed by atoms with Crippen LogP contribution in [0.1, 0.15) is 5.56 Å². The van der Waals surface area contributed by atoms with E-state index < -0.39 is 11.7 Å². The van der Waals surface area contributed by atoms with Gasteiger partial charge in [-0.1, -0.05) is 0 Å². The number of nitrogens with zero attached hydrogens (tertiary/aromatic N) is 1. The van der Waals surface area contributed by atoms with Crippen molar-refractivity contribution in [3.05, 3.63) is 48.2 Å². The molecule has 2 nitrogen and oxygen atoms in total. The lowest BCUT2D eigenvalue weighted by Crippen LogP contribution is -2.05. The van der Waals surface area contributed by atoms with E-state index in [1.54, 1.807) is 24.3 Å². The van der Waals surface area contributed by atoms with Crippen molar-refractivity contribution in [3.8, 4) is 17.0 Å². The first kappa shape index (κ1) is 12.4. The van der Waals surface area contributed by atoms with E-state index in [4.69, 9.17) is 4.74 Å². The first-order valence-electron chi connectivity index (χ1n) is 5.18. The zero-order chi connectivity index (χ0) is 13.2. The van der Waals surface area contributed by atoms with Gasteiger partial charge in [0.2, 0.25) is 0 Å². The van der Waals surface area contributed by atoms with Gasteiger partial charge < -0.3 is 4.74 Å². The van der Waals surface area contributed by atoms with Gasteiger partial charge in [0.15, 0.2) is 0 Å². The van der Waals surface area contributed by atoms with E-state index in [0.717, 1.165) is 18.3 Å². The van der Waals surface area contributed by atoms with Gasteiger partial charge >= 0.3 is 6.18 Å². The number of hydrogen-bond donors (Lipinski definition) is 0. The molecule has 0 radical (unpaired) electrons. The van der Waals surface area contributed by atoms with Crippen LogP contribution in [0.25, 0.3) is 11.3 Å². The van der Waals surface area contributed by atoms with Gasteiger partial charge in [0, 0.05) is 11.8 Å². The summed E-state index contributed by atoms with van der Waals surface area (Å²) in [4.78, 5) is 3.94. The predicted octanol–water partition coefficient (Wildman–Crippen LogP) is 3.78. The lowest BCUT2D eigenvalue weighted by molar-refractivity contribution is -0.137. The Labute approximate surface area is 102 Å². The first-order chi connectivity index (χ1) is 8.50. The fraction of sp³-hybridized carbons (Fsp3) is 0.154. The van der Waals surface area contributed by atoms with E-state index in [9.17, 15) is 13.2 Å². The van der Waals surface area contributed by atoms with E-state index in [0.29, 0.717) is 11.3 Å². The molecule has 0 aliphatic heterocycles. The van der Waals surface area contributed by atoms with Crippen LogP contribution in [-0.2, 0) is 6.18 Å². The van der Waals surface area contributed by atoms with Gasteiger partial charge in [-0.05, 0) is 36.4 Å². The van der Waals surface area contributed by atoms with Crippen LogP contribution in [0.2, 0.25) is 0 Å². The molecular weight excluding hydrogens is 243 g/mol. The molecule has 94 valence electrons. The summed E-state index contributed by atoms with van der Waals surface area (Å²) in [5.41, 5.74) is 0.192. The third-order valence-corrected chi connectivity index (χ3v) is 2.47. The van der Waals surface area contributed by atoms with Crippen LogP contribution in [0.4, 0.5) is 13.2 Å². The average molecular weight is 253 g/mol. The summed E-state index contributed by atoms with van der Waals surface area (Å²) >= 11 is 0. The summed E-state index contributed by atoms with van der Waals surface area (Å²) in [6.45, 7) is 0. The zero-order valence-electron chi connectivity index (χ0n) is 9.53. The summed E-state index contributed by atoms with van der Waals surface area (Å²) in [5.74, 6) is 0.644. The Morgan fingerprint density at radius 1 is 1.06 bits per heavy atom. The summed E-state index contributed by atoms with van der Waals surface area (Å²) in [7, 11) is 1.53. The fourth-order valence-corrected chi connectivity index (χ4v) is 1.53. The summed E-state index contributed by atoms with van der Waals surface area (Å²) in [6, 6.07) is 8.67. The van der Waals surface area contributed by atoms with Crippen LogP contribution in [0, 0.1) is 0 Å². The number of halogens is 3. The van der Waals surface area contributed by atoms with Gasteiger partial charge in [-0.15, -0.1) is 0 Å². The van der Waals surface area contributed by atoms with Crippen LogP contribution in [0.15, 0.2) is 42.6 Å². The van der Waals surface area contributed by atoms with Crippen molar-refractivity contribution in [2.24, 2.45) is 0 Å². The monoisotopic (exact) mass is 253 g/mol. The molecule has 0 unspecified atom stereocenters. The molecule has 1 aromatic heterocycles.